The average Bonchev–Trinajstić information content (AvgIpc) is 2.46. The third-order valence-electron chi connectivity index (χ3n) is 3.80. The fourth-order valence-corrected chi connectivity index (χ4v) is 2.46. The van der Waals surface area contributed by atoms with Crippen LogP contribution in [0.15, 0.2) is 24.3 Å². The molecule has 0 spiro atoms. The van der Waals surface area contributed by atoms with Crippen LogP contribution in [0.25, 0.3) is 0 Å². The molecule has 0 aliphatic rings. The quantitative estimate of drug-likeness (QED) is 0.796. The van der Waals surface area contributed by atoms with Gasteiger partial charge in [-0.25, -0.2) is 0 Å². The maximum absolute atomic E-state index is 12.0. The maximum atomic E-state index is 12.0. The molecule has 0 aromatic heterocycles. The predicted molar refractivity (Wildman–Crippen MR) is 89.3 cm³/mol. The number of rotatable bonds is 8. The Morgan fingerprint density at radius 3 is 2.14 bits per heavy atom. The molecule has 1 N–H and O–H groups in total. The van der Waals surface area contributed by atoms with Gasteiger partial charge in [-0.2, -0.15) is 0 Å². The van der Waals surface area contributed by atoms with E-state index in [1.54, 1.807) is 0 Å². The van der Waals surface area contributed by atoms with Crippen molar-refractivity contribution in [3.63, 3.8) is 0 Å². The van der Waals surface area contributed by atoms with Crippen LogP contribution in [0.3, 0.4) is 0 Å². The minimum Gasteiger partial charge on any atom is -0.342 e. The molecular formula is C18H30N2O. The number of carbonyl (C=O) groups is 1. The molecule has 0 aliphatic heterocycles. The van der Waals surface area contributed by atoms with E-state index in [0.29, 0.717) is 12.5 Å². The molecule has 0 saturated carbocycles. The lowest BCUT2D eigenvalue weighted by atomic mass is 10.00. The topological polar surface area (TPSA) is 32.3 Å². The number of nitrogens with zero attached hydrogens (tertiary/aromatic N) is 1. The van der Waals surface area contributed by atoms with E-state index in [2.05, 4.69) is 50.4 Å². The zero-order valence-corrected chi connectivity index (χ0v) is 14.1. The van der Waals surface area contributed by atoms with Crippen molar-refractivity contribution in [3.05, 3.63) is 35.4 Å². The summed E-state index contributed by atoms with van der Waals surface area (Å²) in [5, 5.41) is 3.32. The summed E-state index contributed by atoms with van der Waals surface area (Å²) in [7, 11) is 0. The van der Waals surface area contributed by atoms with Gasteiger partial charge < -0.3 is 10.2 Å². The molecule has 1 aromatic rings. The highest BCUT2D eigenvalue weighted by Gasteiger charge is 2.11. The summed E-state index contributed by atoms with van der Waals surface area (Å²) in [4.78, 5) is 13.8. The van der Waals surface area contributed by atoms with Gasteiger partial charge in [-0.15, -0.1) is 0 Å². The Hall–Kier alpha value is -1.35. The van der Waals surface area contributed by atoms with Crippen LogP contribution < -0.4 is 5.32 Å². The Labute approximate surface area is 129 Å². The van der Waals surface area contributed by atoms with Crippen molar-refractivity contribution in [3.8, 4) is 0 Å². The molecule has 1 unspecified atom stereocenters. The van der Waals surface area contributed by atoms with E-state index in [-0.39, 0.29) is 11.9 Å². The number of hydrogen-bond acceptors (Lipinski definition) is 2. The van der Waals surface area contributed by atoms with Gasteiger partial charge in [-0.1, -0.05) is 38.1 Å². The first kappa shape index (κ1) is 17.7. The summed E-state index contributed by atoms with van der Waals surface area (Å²) in [6.07, 6.45) is 1.11. The molecule has 3 heteroatoms. The van der Waals surface area contributed by atoms with Crippen molar-refractivity contribution >= 4 is 5.91 Å². The van der Waals surface area contributed by atoms with Gasteiger partial charge in [0, 0.05) is 19.1 Å². The first-order valence-corrected chi connectivity index (χ1v) is 8.07. The average molecular weight is 290 g/mol. The fourth-order valence-electron chi connectivity index (χ4n) is 2.46. The SMILES string of the molecule is CCN(CC)C(=O)CNC(C)c1ccc(CC(C)C)cc1. The molecule has 0 fully saturated rings. The zero-order valence-electron chi connectivity index (χ0n) is 14.1. The number of carbonyl (C=O) groups excluding carboxylic acids is 1. The predicted octanol–water partition coefficient (Wildman–Crippen LogP) is 3.40. The van der Waals surface area contributed by atoms with E-state index in [1.807, 2.05) is 18.7 Å². The van der Waals surface area contributed by atoms with Gasteiger partial charge in [-0.3, -0.25) is 4.79 Å². The third-order valence-corrected chi connectivity index (χ3v) is 3.80. The van der Waals surface area contributed by atoms with E-state index < -0.39 is 0 Å². The van der Waals surface area contributed by atoms with Gasteiger partial charge >= 0.3 is 0 Å². The molecule has 1 rings (SSSR count). The summed E-state index contributed by atoms with van der Waals surface area (Å²) in [6, 6.07) is 8.91. The zero-order chi connectivity index (χ0) is 15.8. The lowest BCUT2D eigenvalue weighted by molar-refractivity contribution is -0.129. The highest BCUT2D eigenvalue weighted by molar-refractivity contribution is 5.78. The molecule has 3 nitrogen and oxygen atoms in total. The van der Waals surface area contributed by atoms with Crippen molar-refractivity contribution in [1.29, 1.82) is 0 Å². The second-order valence-electron chi connectivity index (χ2n) is 6.01. The highest BCUT2D eigenvalue weighted by Crippen LogP contribution is 2.15. The highest BCUT2D eigenvalue weighted by atomic mass is 16.2. The van der Waals surface area contributed by atoms with Crippen molar-refractivity contribution in [2.45, 2.75) is 47.1 Å². The van der Waals surface area contributed by atoms with Crippen molar-refractivity contribution in [1.82, 2.24) is 10.2 Å². The van der Waals surface area contributed by atoms with Gasteiger partial charge in [0.25, 0.3) is 0 Å². The van der Waals surface area contributed by atoms with Gasteiger partial charge in [0.05, 0.1) is 6.54 Å². The molecule has 0 radical (unpaired) electrons. The van der Waals surface area contributed by atoms with Crippen molar-refractivity contribution < 1.29 is 4.79 Å². The second kappa shape index (κ2) is 8.83. The Kier molecular flexibility index (Phi) is 7.44. The summed E-state index contributed by atoms with van der Waals surface area (Å²) < 4.78 is 0. The second-order valence-corrected chi connectivity index (χ2v) is 6.01. The Balaban J connectivity index is 2.52. The molecule has 0 bridgehead atoms. The van der Waals surface area contributed by atoms with Crippen LogP contribution in [-0.2, 0) is 11.2 Å². The van der Waals surface area contributed by atoms with E-state index in [4.69, 9.17) is 0 Å². The summed E-state index contributed by atoms with van der Waals surface area (Å²) in [5.74, 6) is 0.848. The first-order valence-electron chi connectivity index (χ1n) is 8.07. The molecule has 1 atom stereocenters. The smallest absolute Gasteiger partial charge is 0.236 e. The van der Waals surface area contributed by atoms with Crippen LogP contribution >= 0.6 is 0 Å². The van der Waals surface area contributed by atoms with Crippen LogP contribution in [0.4, 0.5) is 0 Å². The van der Waals surface area contributed by atoms with Gasteiger partial charge in [-0.05, 0) is 44.2 Å². The maximum Gasteiger partial charge on any atom is 0.236 e. The van der Waals surface area contributed by atoms with Gasteiger partial charge in [0.2, 0.25) is 5.91 Å². The molecule has 0 saturated heterocycles. The van der Waals surface area contributed by atoms with E-state index in [0.717, 1.165) is 19.5 Å². The van der Waals surface area contributed by atoms with Gasteiger partial charge in [0.15, 0.2) is 0 Å². The molecule has 1 amide bonds. The summed E-state index contributed by atoms with van der Waals surface area (Å²) in [6.45, 7) is 12.5. The number of amides is 1. The molecule has 0 heterocycles. The summed E-state index contributed by atoms with van der Waals surface area (Å²) >= 11 is 0. The lowest BCUT2D eigenvalue weighted by Crippen LogP contribution is -2.38. The van der Waals surface area contributed by atoms with E-state index >= 15 is 0 Å². The third kappa shape index (κ3) is 5.88. The summed E-state index contributed by atoms with van der Waals surface area (Å²) in [5.41, 5.74) is 2.61. The monoisotopic (exact) mass is 290 g/mol. The van der Waals surface area contributed by atoms with Crippen molar-refractivity contribution in [2.75, 3.05) is 19.6 Å². The molecule has 118 valence electrons. The van der Waals surface area contributed by atoms with Crippen LogP contribution in [0.5, 0.6) is 0 Å². The van der Waals surface area contributed by atoms with Crippen LogP contribution in [0.1, 0.15) is 51.8 Å². The van der Waals surface area contributed by atoms with Gasteiger partial charge in [0.1, 0.15) is 0 Å². The van der Waals surface area contributed by atoms with Crippen LogP contribution in [0, 0.1) is 5.92 Å². The minimum absolute atomic E-state index is 0.170. The Morgan fingerprint density at radius 2 is 1.67 bits per heavy atom. The number of hydrogen-bond donors (Lipinski definition) is 1. The molecular weight excluding hydrogens is 260 g/mol. The molecule has 1 aromatic carbocycles. The minimum atomic E-state index is 0.170. The van der Waals surface area contributed by atoms with Crippen LogP contribution in [-0.4, -0.2) is 30.4 Å². The fraction of sp³-hybridized carbons (Fsp3) is 0.611. The largest absolute Gasteiger partial charge is 0.342 e. The lowest BCUT2D eigenvalue weighted by Gasteiger charge is -2.21. The van der Waals surface area contributed by atoms with E-state index in [9.17, 15) is 4.79 Å². The van der Waals surface area contributed by atoms with E-state index in [1.165, 1.54) is 11.1 Å². The molecule has 0 aliphatic carbocycles. The molecule has 21 heavy (non-hydrogen) atoms. The normalized spacial score (nSPS) is 12.5. The first-order chi connectivity index (χ1) is 9.97. The van der Waals surface area contributed by atoms with Crippen molar-refractivity contribution in [2.24, 2.45) is 5.92 Å². The van der Waals surface area contributed by atoms with Crippen LogP contribution in [0.2, 0.25) is 0 Å². The standard InChI is InChI=1S/C18H30N2O/c1-6-20(7-2)18(21)13-19-15(5)17-10-8-16(9-11-17)12-14(3)4/h8-11,14-15,19H,6-7,12-13H2,1-5H3. The Morgan fingerprint density at radius 1 is 1.10 bits per heavy atom. The Bertz CT molecular complexity index is 421. The number of likely N-dealkylation sites (N-methyl/N-ethyl adjacent to an activating group) is 1. The number of benzene rings is 1. The number of nitrogens with one attached hydrogen (secondary N) is 1.